The molecule has 2 rings (SSSR count). The average Bonchev–Trinajstić information content (AvgIpc) is 2.57. The fourth-order valence-electron chi connectivity index (χ4n) is 2.48. The molecule has 0 fully saturated rings. The fourth-order valence-corrected chi connectivity index (χ4v) is 2.48. The second-order valence-corrected chi connectivity index (χ2v) is 5.37. The molecule has 1 unspecified atom stereocenters. The molecule has 0 saturated heterocycles. The first-order valence-electron chi connectivity index (χ1n) is 7.85. The quantitative estimate of drug-likeness (QED) is 0.843. The van der Waals surface area contributed by atoms with Crippen molar-refractivity contribution < 1.29 is 4.79 Å². The van der Waals surface area contributed by atoms with E-state index in [4.69, 9.17) is 0 Å². The molecule has 22 heavy (non-hydrogen) atoms. The molecule has 0 heterocycles. The first kappa shape index (κ1) is 16.1. The van der Waals surface area contributed by atoms with Gasteiger partial charge in [0.2, 0.25) is 5.91 Å². The Bertz CT molecular complexity index is 569. The lowest BCUT2D eigenvalue weighted by atomic mass is 10.1. The van der Waals surface area contributed by atoms with Crippen LogP contribution in [0.2, 0.25) is 0 Å². The number of para-hydroxylation sites is 1. The lowest BCUT2D eigenvalue weighted by molar-refractivity contribution is -0.121. The third kappa shape index (κ3) is 4.62. The highest BCUT2D eigenvalue weighted by atomic mass is 16.1. The standard InChI is InChI=1S/C19H24N2O/c1-3-21(18-12-8-5-9-13-18)15-14-19(22)20-16(2)17-10-6-4-7-11-17/h4-13,16H,3,14-15H2,1-2H3,(H,20,22). The van der Waals surface area contributed by atoms with E-state index in [0.717, 1.165) is 24.3 Å². The predicted molar refractivity (Wildman–Crippen MR) is 91.9 cm³/mol. The maximum absolute atomic E-state index is 12.1. The Kier molecular flexibility index (Phi) is 6.01. The number of nitrogens with one attached hydrogen (secondary N) is 1. The van der Waals surface area contributed by atoms with Crippen molar-refractivity contribution in [2.45, 2.75) is 26.3 Å². The van der Waals surface area contributed by atoms with E-state index in [1.54, 1.807) is 0 Å². The Morgan fingerprint density at radius 2 is 1.64 bits per heavy atom. The molecule has 3 nitrogen and oxygen atoms in total. The molecule has 1 amide bonds. The minimum Gasteiger partial charge on any atom is -0.371 e. The predicted octanol–water partition coefficient (Wildman–Crippen LogP) is 3.78. The molecule has 0 bridgehead atoms. The number of anilines is 1. The van der Waals surface area contributed by atoms with Crippen molar-refractivity contribution in [3.8, 4) is 0 Å². The SMILES string of the molecule is CCN(CCC(=O)NC(C)c1ccccc1)c1ccccc1. The Labute approximate surface area is 133 Å². The zero-order valence-electron chi connectivity index (χ0n) is 13.3. The van der Waals surface area contributed by atoms with Gasteiger partial charge in [-0.3, -0.25) is 4.79 Å². The molecule has 0 aliphatic heterocycles. The number of hydrogen-bond acceptors (Lipinski definition) is 2. The number of rotatable bonds is 7. The minimum atomic E-state index is 0.0421. The van der Waals surface area contributed by atoms with Crippen molar-refractivity contribution in [2.24, 2.45) is 0 Å². The van der Waals surface area contributed by atoms with Crippen LogP contribution in [0.25, 0.3) is 0 Å². The van der Waals surface area contributed by atoms with Crippen LogP contribution < -0.4 is 10.2 Å². The van der Waals surface area contributed by atoms with E-state index in [-0.39, 0.29) is 11.9 Å². The summed E-state index contributed by atoms with van der Waals surface area (Å²) < 4.78 is 0. The molecule has 116 valence electrons. The summed E-state index contributed by atoms with van der Waals surface area (Å²) in [6, 6.07) is 20.3. The monoisotopic (exact) mass is 296 g/mol. The summed E-state index contributed by atoms with van der Waals surface area (Å²) in [6.07, 6.45) is 0.500. The molecule has 1 N–H and O–H groups in total. The lowest BCUT2D eigenvalue weighted by Gasteiger charge is -2.23. The number of benzene rings is 2. The van der Waals surface area contributed by atoms with Crippen LogP contribution in [0.1, 0.15) is 31.9 Å². The van der Waals surface area contributed by atoms with E-state index in [2.05, 4.69) is 29.3 Å². The number of carbonyl (C=O) groups excluding carboxylic acids is 1. The summed E-state index contributed by atoms with van der Waals surface area (Å²) in [5, 5.41) is 3.06. The van der Waals surface area contributed by atoms with E-state index in [9.17, 15) is 4.79 Å². The summed E-state index contributed by atoms with van der Waals surface area (Å²) in [6.45, 7) is 5.75. The van der Waals surface area contributed by atoms with Crippen LogP contribution in [0.3, 0.4) is 0 Å². The Balaban J connectivity index is 1.84. The van der Waals surface area contributed by atoms with Gasteiger partial charge in [-0.1, -0.05) is 48.5 Å². The largest absolute Gasteiger partial charge is 0.371 e. The van der Waals surface area contributed by atoms with Crippen molar-refractivity contribution in [2.75, 3.05) is 18.0 Å². The van der Waals surface area contributed by atoms with E-state index < -0.39 is 0 Å². The third-order valence-corrected chi connectivity index (χ3v) is 3.79. The van der Waals surface area contributed by atoms with Gasteiger partial charge in [-0.25, -0.2) is 0 Å². The zero-order valence-corrected chi connectivity index (χ0v) is 13.3. The lowest BCUT2D eigenvalue weighted by Crippen LogP contribution is -2.32. The van der Waals surface area contributed by atoms with Crippen LogP contribution in [-0.2, 0) is 4.79 Å². The molecule has 0 spiro atoms. The van der Waals surface area contributed by atoms with Crippen LogP contribution in [0.15, 0.2) is 60.7 Å². The highest BCUT2D eigenvalue weighted by Crippen LogP contribution is 2.14. The second-order valence-electron chi connectivity index (χ2n) is 5.37. The van der Waals surface area contributed by atoms with Crippen LogP contribution in [0, 0.1) is 0 Å². The summed E-state index contributed by atoms with van der Waals surface area (Å²) in [5.74, 6) is 0.0886. The number of nitrogens with zero attached hydrogens (tertiary/aromatic N) is 1. The summed E-state index contributed by atoms with van der Waals surface area (Å²) in [4.78, 5) is 14.4. The van der Waals surface area contributed by atoms with E-state index in [0.29, 0.717) is 6.42 Å². The van der Waals surface area contributed by atoms with Gasteiger partial charge in [0.05, 0.1) is 6.04 Å². The van der Waals surface area contributed by atoms with E-state index in [1.165, 1.54) is 0 Å². The minimum absolute atomic E-state index is 0.0421. The number of amides is 1. The third-order valence-electron chi connectivity index (χ3n) is 3.79. The number of hydrogen-bond donors (Lipinski definition) is 1. The van der Waals surface area contributed by atoms with Gasteiger partial charge in [-0.15, -0.1) is 0 Å². The molecule has 0 aliphatic carbocycles. The first-order valence-corrected chi connectivity index (χ1v) is 7.85. The highest BCUT2D eigenvalue weighted by Gasteiger charge is 2.11. The van der Waals surface area contributed by atoms with Crippen molar-refractivity contribution in [1.82, 2.24) is 5.32 Å². The van der Waals surface area contributed by atoms with E-state index >= 15 is 0 Å². The molecule has 0 aromatic heterocycles. The van der Waals surface area contributed by atoms with Crippen molar-refractivity contribution >= 4 is 11.6 Å². The fraction of sp³-hybridized carbons (Fsp3) is 0.316. The van der Waals surface area contributed by atoms with Crippen LogP contribution in [0.5, 0.6) is 0 Å². The Morgan fingerprint density at radius 3 is 2.23 bits per heavy atom. The molecule has 2 aromatic carbocycles. The summed E-state index contributed by atoms with van der Waals surface area (Å²) in [5.41, 5.74) is 2.29. The van der Waals surface area contributed by atoms with Gasteiger partial charge < -0.3 is 10.2 Å². The van der Waals surface area contributed by atoms with Crippen LogP contribution >= 0.6 is 0 Å². The van der Waals surface area contributed by atoms with Gasteiger partial charge in [-0.05, 0) is 31.5 Å². The zero-order chi connectivity index (χ0) is 15.8. The maximum Gasteiger partial charge on any atom is 0.222 e. The van der Waals surface area contributed by atoms with Gasteiger partial charge >= 0.3 is 0 Å². The van der Waals surface area contributed by atoms with Crippen molar-refractivity contribution in [3.05, 3.63) is 66.2 Å². The molecule has 0 aliphatic rings. The summed E-state index contributed by atoms with van der Waals surface area (Å²) >= 11 is 0. The highest BCUT2D eigenvalue weighted by molar-refractivity contribution is 5.77. The van der Waals surface area contributed by atoms with Crippen LogP contribution in [-0.4, -0.2) is 19.0 Å². The Hall–Kier alpha value is -2.29. The Morgan fingerprint density at radius 1 is 1.05 bits per heavy atom. The molecule has 0 saturated carbocycles. The smallest absolute Gasteiger partial charge is 0.222 e. The van der Waals surface area contributed by atoms with E-state index in [1.807, 2.05) is 55.5 Å². The molecule has 0 radical (unpaired) electrons. The maximum atomic E-state index is 12.1. The van der Waals surface area contributed by atoms with Gasteiger partial charge in [0, 0.05) is 25.2 Å². The van der Waals surface area contributed by atoms with Crippen LogP contribution in [0.4, 0.5) is 5.69 Å². The average molecular weight is 296 g/mol. The topological polar surface area (TPSA) is 32.3 Å². The molecular formula is C19H24N2O. The molecule has 2 aromatic rings. The normalized spacial score (nSPS) is 11.7. The summed E-state index contributed by atoms with van der Waals surface area (Å²) in [7, 11) is 0. The van der Waals surface area contributed by atoms with Gasteiger partial charge in [0.25, 0.3) is 0 Å². The molecular weight excluding hydrogens is 272 g/mol. The molecule has 3 heteroatoms. The molecule has 1 atom stereocenters. The van der Waals surface area contributed by atoms with Gasteiger partial charge in [-0.2, -0.15) is 0 Å². The van der Waals surface area contributed by atoms with Gasteiger partial charge in [0.1, 0.15) is 0 Å². The second kappa shape index (κ2) is 8.23. The van der Waals surface area contributed by atoms with Gasteiger partial charge in [0.15, 0.2) is 0 Å². The first-order chi connectivity index (χ1) is 10.7. The van der Waals surface area contributed by atoms with Crippen molar-refractivity contribution in [1.29, 1.82) is 0 Å². The van der Waals surface area contributed by atoms with Crippen molar-refractivity contribution in [3.63, 3.8) is 0 Å². The number of carbonyl (C=O) groups is 1.